The van der Waals surface area contributed by atoms with Crippen LogP contribution in [0.5, 0.6) is 5.75 Å². The third-order valence-electron chi connectivity index (χ3n) is 4.90. The topological polar surface area (TPSA) is 52.1 Å². The molecule has 0 saturated carbocycles. The molecule has 0 amide bonds. The predicted molar refractivity (Wildman–Crippen MR) is 125 cm³/mol. The van der Waals surface area contributed by atoms with Crippen molar-refractivity contribution in [1.82, 2.24) is 20.4 Å². The lowest BCUT2D eigenvalue weighted by molar-refractivity contribution is 0.120. The van der Waals surface area contributed by atoms with E-state index in [0.29, 0.717) is 6.04 Å². The van der Waals surface area contributed by atoms with Crippen LogP contribution in [-0.2, 0) is 6.42 Å². The molecule has 2 N–H and O–H groups in total. The number of guanidine groups is 1. The molecule has 1 atom stereocenters. The first kappa shape index (κ1) is 24.3. The minimum Gasteiger partial charge on any atom is -0.497 e. The van der Waals surface area contributed by atoms with Gasteiger partial charge in [-0.1, -0.05) is 17.7 Å². The average Bonchev–Trinajstić information content (AvgIpc) is 2.65. The van der Waals surface area contributed by atoms with Gasteiger partial charge in [0.2, 0.25) is 0 Å². The quantitative estimate of drug-likeness (QED) is 0.336. The minimum absolute atomic E-state index is 0. The summed E-state index contributed by atoms with van der Waals surface area (Å²) in [7, 11) is 5.63. The number of piperazine rings is 1. The van der Waals surface area contributed by atoms with Crippen molar-refractivity contribution in [2.75, 3.05) is 60.5 Å². The molecule has 2 rings (SSSR count). The number of nitrogens with one attached hydrogen (secondary N) is 2. The zero-order valence-electron chi connectivity index (χ0n) is 16.8. The first-order valence-electron chi connectivity index (χ1n) is 9.23. The van der Waals surface area contributed by atoms with Crippen molar-refractivity contribution in [3.8, 4) is 5.75 Å². The number of ether oxygens (including phenoxy) is 1. The highest BCUT2D eigenvalue weighted by atomic mass is 127. The van der Waals surface area contributed by atoms with Crippen molar-refractivity contribution < 1.29 is 4.74 Å². The summed E-state index contributed by atoms with van der Waals surface area (Å²) in [4.78, 5) is 9.21. The van der Waals surface area contributed by atoms with E-state index in [4.69, 9.17) is 16.3 Å². The van der Waals surface area contributed by atoms with Gasteiger partial charge in [0.1, 0.15) is 5.75 Å². The Hall–Kier alpha value is -0.770. The monoisotopic (exact) mass is 509 g/mol. The van der Waals surface area contributed by atoms with Gasteiger partial charge in [-0.25, -0.2) is 0 Å². The van der Waals surface area contributed by atoms with Gasteiger partial charge in [0.25, 0.3) is 0 Å². The van der Waals surface area contributed by atoms with Crippen LogP contribution in [0.3, 0.4) is 0 Å². The molecule has 0 aliphatic carbocycles. The van der Waals surface area contributed by atoms with Gasteiger partial charge >= 0.3 is 0 Å². The summed E-state index contributed by atoms with van der Waals surface area (Å²) in [6, 6.07) is 6.28. The molecule has 27 heavy (non-hydrogen) atoms. The van der Waals surface area contributed by atoms with Crippen LogP contribution < -0.4 is 15.4 Å². The maximum Gasteiger partial charge on any atom is 0.191 e. The number of rotatable bonds is 7. The van der Waals surface area contributed by atoms with Crippen LogP contribution in [0, 0.1) is 0 Å². The highest BCUT2D eigenvalue weighted by molar-refractivity contribution is 14.0. The maximum atomic E-state index is 6.29. The smallest absolute Gasteiger partial charge is 0.191 e. The molecule has 1 aliphatic rings. The number of benzene rings is 1. The van der Waals surface area contributed by atoms with Gasteiger partial charge < -0.3 is 20.3 Å². The van der Waals surface area contributed by atoms with Gasteiger partial charge in [-0.05, 0) is 38.1 Å². The Morgan fingerprint density at radius 3 is 2.56 bits per heavy atom. The number of hydrogen-bond donors (Lipinski definition) is 2. The Bertz CT molecular complexity index is 593. The van der Waals surface area contributed by atoms with Crippen LogP contribution in [0.15, 0.2) is 23.2 Å². The van der Waals surface area contributed by atoms with Crippen molar-refractivity contribution in [2.24, 2.45) is 4.99 Å². The number of nitrogens with zero attached hydrogens (tertiary/aromatic N) is 3. The second kappa shape index (κ2) is 12.6. The standard InChI is InChI=1S/C19H32ClN5O.HI/c1-15(25-11-9-24(3)10-12-25)14-23-19(21-2)22-8-7-16-5-6-17(26-4)13-18(16)20;/h5-6,13,15H,7-12,14H2,1-4H3,(H2,21,22,23);1H. The van der Waals surface area contributed by atoms with Gasteiger partial charge in [-0.3, -0.25) is 9.89 Å². The second-order valence-electron chi connectivity index (χ2n) is 6.78. The second-order valence-corrected chi connectivity index (χ2v) is 7.18. The molecule has 154 valence electrons. The summed E-state index contributed by atoms with van der Waals surface area (Å²) in [6.07, 6.45) is 0.831. The predicted octanol–water partition coefficient (Wildman–Crippen LogP) is 2.31. The number of aliphatic imine (C=N–C) groups is 1. The molecule has 8 heteroatoms. The van der Waals surface area contributed by atoms with Crippen molar-refractivity contribution in [1.29, 1.82) is 0 Å². The van der Waals surface area contributed by atoms with Gasteiger partial charge in [0.05, 0.1) is 7.11 Å². The van der Waals surface area contributed by atoms with E-state index in [0.717, 1.165) is 68.0 Å². The molecule has 0 bridgehead atoms. The molecule has 1 fully saturated rings. The van der Waals surface area contributed by atoms with E-state index in [9.17, 15) is 0 Å². The summed E-state index contributed by atoms with van der Waals surface area (Å²) < 4.78 is 5.18. The van der Waals surface area contributed by atoms with E-state index < -0.39 is 0 Å². The van der Waals surface area contributed by atoms with Crippen LogP contribution in [0.2, 0.25) is 5.02 Å². The Labute approximate surface area is 185 Å². The summed E-state index contributed by atoms with van der Waals surface area (Å²) in [6.45, 7) is 8.45. The van der Waals surface area contributed by atoms with E-state index in [1.165, 1.54) is 0 Å². The lowest BCUT2D eigenvalue weighted by atomic mass is 10.1. The molecule has 6 nitrogen and oxygen atoms in total. The van der Waals surface area contributed by atoms with Crippen molar-refractivity contribution in [3.05, 3.63) is 28.8 Å². The third-order valence-corrected chi connectivity index (χ3v) is 5.25. The largest absolute Gasteiger partial charge is 0.497 e. The van der Waals surface area contributed by atoms with Gasteiger partial charge in [0.15, 0.2) is 5.96 Å². The Balaban J connectivity index is 0.00000364. The van der Waals surface area contributed by atoms with Crippen molar-refractivity contribution in [2.45, 2.75) is 19.4 Å². The van der Waals surface area contributed by atoms with Crippen LogP contribution >= 0.6 is 35.6 Å². The molecular formula is C19H33ClIN5O. The highest BCUT2D eigenvalue weighted by Crippen LogP contribution is 2.22. The lowest BCUT2D eigenvalue weighted by Gasteiger charge is -2.36. The fourth-order valence-electron chi connectivity index (χ4n) is 3.03. The Kier molecular flexibility index (Phi) is 11.4. The average molecular weight is 510 g/mol. The van der Waals surface area contributed by atoms with Crippen LogP contribution in [0.25, 0.3) is 0 Å². The summed E-state index contributed by atoms with van der Waals surface area (Å²) >= 11 is 6.29. The zero-order valence-corrected chi connectivity index (χ0v) is 19.9. The lowest BCUT2D eigenvalue weighted by Crippen LogP contribution is -2.52. The summed E-state index contributed by atoms with van der Waals surface area (Å²) in [5.74, 6) is 1.61. The molecule has 1 heterocycles. The van der Waals surface area contributed by atoms with Crippen LogP contribution in [-0.4, -0.2) is 82.3 Å². The summed E-state index contributed by atoms with van der Waals surface area (Å²) in [5.41, 5.74) is 1.10. The molecule has 0 radical (unpaired) electrons. The zero-order chi connectivity index (χ0) is 18.9. The van der Waals surface area contributed by atoms with E-state index in [-0.39, 0.29) is 24.0 Å². The number of methoxy groups -OCH3 is 1. The Morgan fingerprint density at radius 2 is 1.96 bits per heavy atom. The summed E-state index contributed by atoms with van der Waals surface area (Å²) in [5, 5.41) is 7.52. The molecule has 1 aromatic carbocycles. The normalized spacial score (nSPS) is 17.1. The van der Waals surface area contributed by atoms with E-state index >= 15 is 0 Å². The van der Waals surface area contributed by atoms with E-state index in [2.05, 4.69) is 39.4 Å². The SMILES string of the molecule is CN=C(NCCc1ccc(OC)cc1Cl)NCC(C)N1CCN(C)CC1.I. The fraction of sp³-hybridized carbons (Fsp3) is 0.632. The number of halogens is 2. The molecule has 1 unspecified atom stereocenters. The first-order chi connectivity index (χ1) is 12.5. The van der Waals surface area contributed by atoms with E-state index in [1.807, 2.05) is 18.2 Å². The van der Waals surface area contributed by atoms with E-state index in [1.54, 1.807) is 14.2 Å². The highest BCUT2D eigenvalue weighted by Gasteiger charge is 2.19. The fourth-order valence-corrected chi connectivity index (χ4v) is 3.30. The molecule has 1 aromatic rings. The third kappa shape index (κ3) is 8.01. The molecular weight excluding hydrogens is 477 g/mol. The Morgan fingerprint density at radius 1 is 1.26 bits per heavy atom. The van der Waals surface area contributed by atoms with Crippen LogP contribution in [0.1, 0.15) is 12.5 Å². The first-order valence-corrected chi connectivity index (χ1v) is 9.60. The van der Waals surface area contributed by atoms with Crippen molar-refractivity contribution >= 4 is 41.5 Å². The number of likely N-dealkylation sites (N-methyl/N-ethyl adjacent to an activating group) is 1. The van der Waals surface area contributed by atoms with Crippen molar-refractivity contribution in [3.63, 3.8) is 0 Å². The van der Waals surface area contributed by atoms with Gasteiger partial charge in [-0.15, -0.1) is 24.0 Å². The van der Waals surface area contributed by atoms with Gasteiger partial charge in [0, 0.05) is 57.4 Å². The van der Waals surface area contributed by atoms with Gasteiger partial charge in [-0.2, -0.15) is 0 Å². The number of hydrogen-bond acceptors (Lipinski definition) is 4. The molecule has 1 aliphatic heterocycles. The minimum atomic E-state index is 0. The molecule has 0 aromatic heterocycles. The maximum absolute atomic E-state index is 6.29. The van der Waals surface area contributed by atoms with Crippen LogP contribution in [0.4, 0.5) is 0 Å². The molecule has 0 spiro atoms. The molecule has 1 saturated heterocycles.